The number of oxazole rings is 1. The lowest BCUT2D eigenvalue weighted by atomic mass is 10.3. The number of nitrogens with zero attached hydrogens (tertiary/aromatic N) is 2. The van der Waals surface area contributed by atoms with Crippen LogP contribution in [0.2, 0.25) is 0 Å². The van der Waals surface area contributed by atoms with E-state index in [-0.39, 0.29) is 17.5 Å². The van der Waals surface area contributed by atoms with Gasteiger partial charge in [0, 0.05) is 17.5 Å². The molecule has 1 aliphatic heterocycles. The molecule has 0 amide bonds. The van der Waals surface area contributed by atoms with Gasteiger partial charge in [0.05, 0.1) is 16.7 Å². The number of non-ortho nitro benzene ring substituents is 1. The molecule has 1 aliphatic rings. The molecule has 1 N–H and O–H groups in total. The second-order valence-electron chi connectivity index (χ2n) is 4.34. The number of rotatable bonds is 3. The zero-order valence-electron chi connectivity index (χ0n) is 10.0. The molecule has 0 aliphatic carbocycles. The molecule has 20 heavy (non-hydrogen) atoms. The Bertz CT molecular complexity index is 824. The molecule has 2 heterocycles. The Morgan fingerprint density at radius 3 is 2.90 bits per heavy atom. The summed E-state index contributed by atoms with van der Waals surface area (Å²) in [4.78, 5) is 14.2. The SMILES string of the molecule is O=[N+]([O-])c1ccc2oc(NC3C=CS(=O)(=O)C3)nc2c1. The maximum atomic E-state index is 11.3. The van der Waals surface area contributed by atoms with Crippen molar-refractivity contribution in [3.63, 3.8) is 0 Å². The molecule has 1 atom stereocenters. The number of hydrogen-bond donors (Lipinski definition) is 1. The summed E-state index contributed by atoms with van der Waals surface area (Å²) in [5, 5.41) is 14.6. The van der Waals surface area contributed by atoms with Crippen molar-refractivity contribution in [2.75, 3.05) is 11.1 Å². The van der Waals surface area contributed by atoms with Crippen LogP contribution < -0.4 is 5.32 Å². The fraction of sp³-hybridized carbons (Fsp3) is 0.182. The first-order valence-electron chi connectivity index (χ1n) is 5.65. The predicted octanol–water partition coefficient (Wildman–Crippen LogP) is 1.46. The maximum absolute atomic E-state index is 11.3. The van der Waals surface area contributed by atoms with Crippen molar-refractivity contribution >= 4 is 32.6 Å². The molecule has 0 fully saturated rings. The van der Waals surface area contributed by atoms with Gasteiger partial charge in [-0.15, -0.1) is 0 Å². The Balaban J connectivity index is 1.86. The molecular weight excluding hydrogens is 286 g/mol. The second-order valence-corrected chi connectivity index (χ2v) is 6.27. The van der Waals surface area contributed by atoms with E-state index in [1.54, 1.807) is 0 Å². The van der Waals surface area contributed by atoms with E-state index in [2.05, 4.69) is 10.3 Å². The van der Waals surface area contributed by atoms with Gasteiger partial charge in [0.25, 0.3) is 11.7 Å². The highest BCUT2D eigenvalue weighted by Gasteiger charge is 2.23. The molecule has 2 aromatic rings. The molecule has 8 nitrogen and oxygen atoms in total. The van der Waals surface area contributed by atoms with Gasteiger partial charge >= 0.3 is 0 Å². The van der Waals surface area contributed by atoms with E-state index >= 15 is 0 Å². The summed E-state index contributed by atoms with van der Waals surface area (Å²) in [7, 11) is -3.17. The topological polar surface area (TPSA) is 115 Å². The van der Waals surface area contributed by atoms with Gasteiger partial charge in [-0.05, 0) is 12.1 Å². The van der Waals surface area contributed by atoms with Gasteiger partial charge < -0.3 is 9.73 Å². The first kappa shape index (κ1) is 12.6. The minimum absolute atomic E-state index is 0.0636. The van der Waals surface area contributed by atoms with Gasteiger partial charge in [0.15, 0.2) is 15.4 Å². The minimum Gasteiger partial charge on any atom is -0.424 e. The Morgan fingerprint density at radius 1 is 1.45 bits per heavy atom. The quantitative estimate of drug-likeness (QED) is 0.673. The van der Waals surface area contributed by atoms with Crippen LogP contribution in [-0.4, -0.2) is 30.1 Å². The van der Waals surface area contributed by atoms with Gasteiger partial charge in [0.1, 0.15) is 5.52 Å². The van der Waals surface area contributed by atoms with E-state index in [1.165, 1.54) is 24.3 Å². The van der Waals surface area contributed by atoms with Crippen molar-refractivity contribution < 1.29 is 17.8 Å². The molecule has 0 bridgehead atoms. The predicted molar refractivity (Wildman–Crippen MR) is 71.0 cm³/mol. The molecule has 1 aromatic carbocycles. The third kappa shape index (κ3) is 2.35. The Hall–Kier alpha value is -2.42. The number of nitro groups is 1. The molecule has 0 radical (unpaired) electrons. The summed E-state index contributed by atoms with van der Waals surface area (Å²) in [5.41, 5.74) is 0.648. The molecule has 9 heteroatoms. The zero-order chi connectivity index (χ0) is 14.3. The molecule has 1 aromatic heterocycles. The smallest absolute Gasteiger partial charge is 0.296 e. The lowest BCUT2D eigenvalue weighted by molar-refractivity contribution is -0.384. The first-order chi connectivity index (χ1) is 9.43. The van der Waals surface area contributed by atoms with Crippen molar-refractivity contribution in [3.05, 3.63) is 39.8 Å². The fourth-order valence-electron chi connectivity index (χ4n) is 1.92. The third-order valence-electron chi connectivity index (χ3n) is 2.82. The van der Waals surface area contributed by atoms with Crippen LogP contribution in [0.3, 0.4) is 0 Å². The molecule has 0 saturated carbocycles. The van der Waals surface area contributed by atoms with Crippen LogP contribution in [0.1, 0.15) is 0 Å². The van der Waals surface area contributed by atoms with E-state index in [9.17, 15) is 18.5 Å². The largest absolute Gasteiger partial charge is 0.424 e. The summed E-state index contributed by atoms with van der Waals surface area (Å²) in [6.45, 7) is 0. The van der Waals surface area contributed by atoms with Crippen molar-refractivity contribution in [1.82, 2.24) is 4.98 Å². The molecular formula is C11H9N3O5S. The summed E-state index contributed by atoms with van der Waals surface area (Å²) in [6.07, 6.45) is 1.51. The average Bonchev–Trinajstić information content (AvgIpc) is 2.91. The van der Waals surface area contributed by atoms with Gasteiger partial charge in [-0.3, -0.25) is 10.1 Å². The van der Waals surface area contributed by atoms with Gasteiger partial charge in [-0.2, -0.15) is 4.98 Å². The van der Waals surface area contributed by atoms with Crippen LogP contribution in [-0.2, 0) is 9.84 Å². The maximum Gasteiger partial charge on any atom is 0.296 e. The standard InChI is InChI=1S/C11H9N3O5S/c15-14(16)8-1-2-10-9(5-8)13-11(19-10)12-7-3-4-20(17,18)6-7/h1-5,7H,6H2,(H,12,13). The van der Waals surface area contributed by atoms with E-state index in [0.29, 0.717) is 11.1 Å². The Kier molecular flexibility index (Phi) is 2.71. The molecule has 1 unspecified atom stereocenters. The summed E-state index contributed by atoms with van der Waals surface area (Å²) in [5.74, 6) is -0.0636. The number of nitro benzene ring substituents is 1. The first-order valence-corrected chi connectivity index (χ1v) is 7.37. The van der Waals surface area contributed by atoms with Crippen molar-refractivity contribution in [2.24, 2.45) is 0 Å². The van der Waals surface area contributed by atoms with E-state index in [0.717, 1.165) is 5.41 Å². The number of aromatic nitrogens is 1. The van der Waals surface area contributed by atoms with Crippen LogP contribution in [0.15, 0.2) is 34.1 Å². The van der Waals surface area contributed by atoms with Gasteiger partial charge in [-0.1, -0.05) is 0 Å². The number of anilines is 1. The summed E-state index contributed by atoms with van der Waals surface area (Å²) >= 11 is 0. The Morgan fingerprint density at radius 2 is 2.25 bits per heavy atom. The van der Waals surface area contributed by atoms with Crippen LogP contribution >= 0.6 is 0 Å². The molecule has 104 valence electrons. The van der Waals surface area contributed by atoms with Crippen LogP contribution in [0.5, 0.6) is 0 Å². The normalized spacial score (nSPS) is 20.3. The number of benzene rings is 1. The zero-order valence-corrected chi connectivity index (χ0v) is 10.8. The van der Waals surface area contributed by atoms with Gasteiger partial charge in [-0.25, -0.2) is 8.42 Å². The third-order valence-corrected chi connectivity index (χ3v) is 4.22. The monoisotopic (exact) mass is 295 g/mol. The highest BCUT2D eigenvalue weighted by molar-refractivity contribution is 7.94. The van der Waals surface area contributed by atoms with Crippen molar-refractivity contribution in [1.29, 1.82) is 0 Å². The fourth-order valence-corrected chi connectivity index (χ4v) is 3.15. The summed E-state index contributed by atoms with van der Waals surface area (Å²) < 4.78 is 27.9. The number of hydrogen-bond acceptors (Lipinski definition) is 7. The molecule has 3 rings (SSSR count). The van der Waals surface area contributed by atoms with E-state index in [1.807, 2.05) is 0 Å². The number of nitrogens with one attached hydrogen (secondary N) is 1. The molecule has 0 saturated heterocycles. The van der Waals surface area contributed by atoms with Crippen LogP contribution in [0.25, 0.3) is 11.1 Å². The van der Waals surface area contributed by atoms with Crippen molar-refractivity contribution in [3.8, 4) is 0 Å². The Labute approximate surface area is 113 Å². The lowest BCUT2D eigenvalue weighted by Crippen LogP contribution is -2.20. The highest BCUT2D eigenvalue weighted by Crippen LogP contribution is 2.24. The lowest BCUT2D eigenvalue weighted by Gasteiger charge is -2.05. The average molecular weight is 295 g/mol. The number of sulfone groups is 1. The minimum atomic E-state index is -3.17. The van der Waals surface area contributed by atoms with Gasteiger partial charge in [0.2, 0.25) is 0 Å². The van der Waals surface area contributed by atoms with Crippen LogP contribution in [0.4, 0.5) is 11.7 Å². The highest BCUT2D eigenvalue weighted by atomic mass is 32.2. The molecule has 0 spiro atoms. The number of fused-ring (bicyclic) bond motifs is 1. The van der Waals surface area contributed by atoms with Crippen LogP contribution in [0, 0.1) is 10.1 Å². The second kappa shape index (κ2) is 4.30. The van der Waals surface area contributed by atoms with E-state index in [4.69, 9.17) is 4.42 Å². The van der Waals surface area contributed by atoms with E-state index < -0.39 is 20.8 Å². The van der Waals surface area contributed by atoms with Crippen molar-refractivity contribution in [2.45, 2.75) is 6.04 Å². The summed E-state index contributed by atoms with van der Waals surface area (Å²) in [6, 6.07) is 3.78.